The van der Waals surface area contributed by atoms with E-state index in [0.717, 1.165) is 50.1 Å². The maximum absolute atomic E-state index is 9.23. The maximum atomic E-state index is 9.23. The summed E-state index contributed by atoms with van der Waals surface area (Å²) < 4.78 is 0.621. The lowest BCUT2D eigenvalue weighted by molar-refractivity contribution is 0.120. The molecule has 1 aromatic heterocycles. The fraction of sp³-hybridized carbons (Fsp3) is 0.444. The van der Waals surface area contributed by atoms with Gasteiger partial charge < -0.3 is 0 Å². The number of rotatable bonds is 5. The third-order valence-corrected chi connectivity index (χ3v) is 5.74. The van der Waals surface area contributed by atoms with Gasteiger partial charge >= 0.3 is 0 Å². The standard InChI is InChI=1S/C18H21ClN4S/c1-22(12-15-5-3-2-4-14(15)10-20)16-6-8-23(9-7-16)13-17-11-21-18(19)24-17/h2-5,11,16H,6-9,12-13H2,1H3. The highest BCUT2D eigenvalue weighted by atomic mass is 35.5. The van der Waals surface area contributed by atoms with Crippen molar-refractivity contribution >= 4 is 22.9 Å². The summed E-state index contributed by atoms with van der Waals surface area (Å²) >= 11 is 7.47. The number of benzene rings is 1. The normalized spacial score (nSPS) is 16.4. The number of hydrogen-bond acceptors (Lipinski definition) is 5. The van der Waals surface area contributed by atoms with Crippen molar-refractivity contribution in [1.29, 1.82) is 5.26 Å². The minimum atomic E-state index is 0.568. The molecule has 2 aromatic rings. The first kappa shape index (κ1) is 17.4. The molecule has 0 aliphatic carbocycles. The number of aromatic nitrogens is 1. The predicted octanol–water partition coefficient (Wildman–Crippen LogP) is 3.76. The summed E-state index contributed by atoms with van der Waals surface area (Å²) in [6, 6.07) is 10.7. The average molecular weight is 361 g/mol. The lowest BCUT2D eigenvalue weighted by Crippen LogP contribution is -2.42. The molecule has 1 aliphatic heterocycles. The summed E-state index contributed by atoms with van der Waals surface area (Å²) in [6.45, 7) is 3.95. The molecule has 6 heteroatoms. The first-order valence-corrected chi connectivity index (χ1v) is 9.36. The van der Waals surface area contributed by atoms with Crippen LogP contribution >= 0.6 is 22.9 Å². The van der Waals surface area contributed by atoms with Crippen molar-refractivity contribution in [2.75, 3.05) is 20.1 Å². The minimum Gasteiger partial charge on any atom is -0.299 e. The second-order valence-corrected chi connectivity index (χ2v) is 7.97. The third-order valence-electron chi connectivity index (χ3n) is 4.64. The number of thiazole rings is 1. The Bertz CT molecular complexity index is 716. The van der Waals surface area contributed by atoms with Crippen LogP contribution in [0, 0.1) is 11.3 Å². The van der Waals surface area contributed by atoms with E-state index in [2.05, 4.69) is 34.0 Å². The van der Waals surface area contributed by atoms with Gasteiger partial charge in [-0.1, -0.05) is 29.8 Å². The maximum Gasteiger partial charge on any atom is 0.183 e. The Labute approximate surface area is 152 Å². The van der Waals surface area contributed by atoms with E-state index in [1.165, 1.54) is 4.88 Å². The van der Waals surface area contributed by atoms with Crippen LogP contribution in [0.2, 0.25) is 4.47 Å². The van der Waals surface area contributed by atoms with E-state index >= 15 is 0 Å². The number of piperidine rings is 1. The molecule has 24 heavy (non-hydrogen) atoms. The first-order valence-electron chi connectivity index (χ1n) is 8.16. The lowest BCUT2D eigenvalue weighted by Gasteiger charge is -2.36. The van der Waals surface area contributed by atoms with Gasteiger partial charge in [0.2, 0.25) is 0 Å². The van der Waals surface area contributed by atoms with Crippen LogP contribution in [-0.4, -0.2) is 41.0 Å². The Kier molecular flexibility index (Phi) is 5.85. The zero-order valence-electron chi connectivity index (χ0n) is 13.8. The van der Waals surface area contributed by atoms with Crippen molar-refractivity contribution in [1.82, 2.24) is 14.8 Å². The highest BCUT2D eigenvalue weighted by Crippen LogP contribution is 2.23. The second kappa shape index (κ2) is 8.09. The summed E-state index contributed by atoms with van der Waals surface area (Å²) in [5, 5.41) is 9.23. The van der Waals surface area contributed by atoms with Gasteiger partial charge in [0, 0.05) is 43.3 Å². The summed E-state index contributed by atoms with van der Waals surface area (Å²) in [5.74, 6) is 0. The number of likely N-dealkylation sites (tertiary alicyclic amines) is 1. The molecule has 0 spiro atoms. The quantitative estimate of drug-likeness (QED) is 0.814. The topological polar surface area (TPSA) is 43.2 Å². The molecule has 1 aliphatic rings. The van der Waals surface area contributed by atoms with Gasteiger partial charge in [0.1, 0.15) is 0 Å². The van der Waals surface area contributed by atoms with Gasteiger partial charge in [0.05, 0.1) is 11.6 Å². The molecule has 0 amide bonds. The largest absolute Gasteiger partial charge is 0.299 e. The molecule has 1 saturated heterocycles. The monoisotopic (exact) mass is 360 g/mol. The molecule has 0 unspecified atom stereocenters. The zero-order valence-corrected chi connectivity index (χ0v) is 15.4. The van der Waals surface area contributed by atoms with E-state index in [1.807, 2.05) is 24.4 Å². The van der Waals surface area contributed by atoms with E-state index in [1.54, 1.807) is 11.3 Å². The van der Waals surface area contributed by atoms with Gasteiger partial charge in [0.25, 0.3) is 0 Å². The molecule has 0 saturated carbocycles. The van der Waals surface area contributed by atoms with E-state index in [9.17, 15) is 5.26 Å². The van der Waals surface area contributed by atoms with Gasteiger partial charge in [-0.2, -0.15) is 5.26 Å². The van der Waals surface area contributed by atoms with Crippen molar-refractivity contribution in [3.05, 3.63) is 50.9 Å². The van der Waals surface area contributed by atoms with Gasteiger partial charge in [0.15, 0.2) is 4.47 Å². The number of halogens is 1. The summed E-state index contributed by atoms with van der Waals surface area (Å²) in [7, 11) is 2.16. The van der Waals surface area contributed by atoms with Crippen molar-refractivity contribution in [3.63, 3.8) is 0 Å². The molecule has 1 aromatic carbocycles. The average Bonchev–Trinajstić information content (AvgIpc) is 3.01. The highest BCUT2D eigenvalue weighted by molar-refractivity contribution is 7.15. The van der Waals surface area contributed by atoms with Crippen LogP contribution in [0.1, 0.15) is 28.8 Å². The Morgan fingerprint density at radius 3 is 2.79 bits per heavy atom. The van der Waals surface area contributed by atoms with Crippen LogP contribution in [0.25, 0.3) is 0 Å². The molecule has 0 radical (unpaired) electrons. The fourth-order valence-corrected chi connectivity index (χ4v) is 4.28. The van der Waals surface area contributed by atoms with Crippen LogP contribution in [0.5, 0.6) is 0 Å². The fourth-order valence-electron chi connectivity index (χ4n) is 3.26. The third kappa shape index (κ3) is 4.34. The van der Waals surface area contributed by atoms with Crippen molar-refractivity contribution in [2.45, 2.75) is 32.0 Å². The van der Waals surface area contributed by atoms with Gasteiger partial charge in [-0.3, -0.25) is 9.80 Å². The SMILES string of the molecule is CN(Cc1ccccc1C#N)C1CCN(Cc2cnc(Cl)s2)CC1. The number of nitriles is 1. The Morgan fingerprint density at radius 2 is 2.12 bits per heavy atom. The Morgan fingerprint density at radius 1 is 1.38 bits per heavy atom. The molecule has 0 bridgehead atoms. The Hall–Kier alpha value is -1.45. The van der Waals surface area contributed by atoms with E-state index in [0.29, 0.717) is 10.5 Å². The highest BCUT2D eigenvalue weighted by Gasteiger charge is 2.23. The molecule has 2 heterocycles. The van der Waals surface area contributed by atoms with Gasteiger partial charge in [-0.25, -0.2) is 4.98 Å². The molecule has 0 N–H and O–H groups in total. The van der Waals surface area contributed by atoms with Crippen molar-refractivity contribution < 1.29 is 0 Å². The van der Waals surface area contributed by atoms with Crippen LogP contribution in [-0.2, 0) is 13.1 Å². The molecule has 3 rings (SSSR count). The Balaban J connectivity index is 1.51. The van der Waals surface area contributed by atoms with Crippen LogP contribution in [0.4, 0.5) is 0 Å². The van der Waals surface area contributed by atoms with E-state index < -0.39 is 0 Å². The van der Waals surface area contributed by atoms with Gasteiger partial charge in [-0.05, 0) is 31.5 Å². The smallest absolute Gasteiger partial charge is 0.183 e. The summed E-state index contributed by atoms with van der Waals surface area (Å²) in [5.41, 5.74) is 1.90. The van der Waals surface area contributed by atoms with Crippen LogP contribution < -0.4 is 0 Å². The van der Waals surface area contributed by atoms with Gasteiger partial charge in [-0.15, -0.1) is 11.3 Å². The van der Waals surface area contributed by atoms with Crippen LogP contribution in [0.15, 0.2) is 30.5 Å². The summed E-state index contributed by atoms with van der Waals surface area (Å²) in [6.07, 6.45) is 4.18. The molecule has 1 fully saturated rings. The predicted molar refractivity (Wildman–Crippen MR) is 98.0 cm³/mol. The molecule has 126 valence electrons. The number of hydrogen-bond donors (Lipinski definition) is 0. The number of nitrogens with zero attached hydrogens (tertiary/aromatic N) is 4. The molecule has 0 atom stereocenters. The van der Waals surface area contributed by atoms with E-state index in [4.69, 9.17) is 11.6 Å². The van der Waals surface area contributed by atoms with E-state index in [-0.39, 0.29) is 0 Å². The molecular weight excluding hydrogens is 340 g/mol. The minimum absolute atomic E-state index is 0.568. The molecular formula is C18H21ClN4S. The van der Waals surface area contributed by atoms with Crippen LogP contribution in [0.3, 0.4) is 0 Å². The summed E-state index contributed by atoms with van der Waals surface area (Å²) in [4.78, 5) is 10.2. The lowest BCUT2D eigenvalue weighted by atomic mass is 10.0. The van der Waals surface area contributed by atoms with Crippen molar-refractivity contribution in [2.24, 2.45) is 0 Å². The van der Waals surface area contributed by atoms with Crippen molar-refractivity contribution in [3.8, 4) is 6.07 Å². The second-order valence-electron chi connectivity index (χ2n) is 6.27. The first-order chi connectivity index (χ1) is 11.7. The zero-order chi connectivity index (χ0) is 16.9. The molecule has 4 nitrogen and oxygen atoms in total.